The van der Waals surface area contributed by atoms with Crippen LogP contribution >= 0.6 is 0 Å². The van der Waals surface area contributed by atoms with Crippen molar-refractivity contribution < 1.29 is 29.1 Å². The molecule has 2 heterocycles. The maximum Gasteiger partial charge on any atom is 0.335 e. The Bertz CT molecular complexity index is 1790. The van der Waals surface area contributed by atoms with E-state index in [1.807, 2.05) is 41.5 Å². The second-order valence-corrected chi connectivity index (χ2v) is 12.5. The molecule has 2 aliphatic rings. The molecule has 43 heavy (non-hydrogen) atoms. The van der Waals surface area contributed by atoms with Crippen LogP contribution < -0.4 is 9.80 Å². The molecule has 5 rings (SSSR count). The summed E-state index contributed by atoms with van der Waals surface area (Å²) in [5.74, 6) is 8.18. The van der Waals surface area contributed by atoms with Gasteiger partial charge in [0.1, 0.15) is 0 Å². The van der Waals surface area contributed by atoms with Crippen LogP contribution in [-0.2, 0) is 0 Å². The summed E-state index contributed by atoms with van der Waals surface area (Å²) in [4.78, 5) is 67.6. The number of nitrogens with zero attached hydrogens (tertiary/aromatic N) is 2. The molecule has 0 unspecified atom stereocenters. The van der Waals surface area contributed by atoms with Crippen LogP contribution in [0.4, 0.5) is 11.4 Å². The van der Waals surface area contributed by atoms with Crippen molar-refractivity contribution in [1.82, 2.24) is 0 Å². The lowest BCUT2D eigenvalue weighted by Crippen LogP contribution is -2.32. The Morgan fingerprint density at radius 1 is 0.581 bits per heavy atom. The van der Waals surface area contributed by atoms with Crippen LogP contribution in [-0.4, -0.2) is 34.7 Å². The van der Waals surface area contributed by atoms with E-state index in [1.54, 1.807) is 12.1 Å². The molecule has 8 heteroatoms. The molecule has 8 nitrogen and oxygen atoms in total. The molecule has 2 aliphatic heterocycles. The van der Waals surface area contributed by atoms with Crippen molar-refractivity contribution in [2.45, 2.75) is 41.5 Å². The minimum absolute atomic E-state index is 0.0864. The Kier molecular flexibility index (Phi) is 6.83. The SMILES string of the molecule is CC(C)(C)C#Cc1ccc2c(c1)C(=O)N(c1cc(C(=O)O)cc(N3C(=O)c4ccc(C#CC(C)(C)C)cc4C3=O)c1)C2=O. The first kappa shape index (κ1) is 29.0. The smallest absolute Gasteiger partial charge is 0.335 e. The summed E-state index contributed by atoms with van der Waals surface area (Å²) in [6.45, 7) is 11.7. The maximum atomic E-state index is 13.5. The van der Waals surface area contributed by atoms with Crippen molar-refractivity contribution in [1.29, 1.82) is 0 Å². The number of fused-ring (bicyclic) bond motifs is 2. The first-order valence-electron chi connectivity index (χ1n) is 13.5. The molecule has 0 aromatic heterocycles. The fraction of sp³-hybridized carbons (Fsp3) is 0.229. The van der Waals surface area contributed by atoms with Gasteiger partial charge in [-0.25, -0.2) is 14.6 Å². The first-order chi connectivity index (χ1) is 20.0. The molecule has 0 aliphatic carbocycles. The second-order valence-electron chi connectivity index (χ2n) is 12.5. The van der Waals surface area contributed by atoms with Crippen LogP contribution in [0.15, 0.2) is 54.6 Å². The van der Waals surface area contributed by atoms with Crippen molar-refractivity contribution in [2.24, 2.45) is 10.8 Å². The third-order valence-corrected chi connectivity index (χ3v) is 6.60. The molecule has 0 saturated carbocycles. The minimum atomic E-state index is -1.37. The predicted octanol–water partition coefficient (Wildman–Crippen LogP) is 5.78. The Labute approximate surface area is 249 Å². The summed E-state index contributed by atoms with van der Waals surface area (Å²) in [5.41, 5.74) is 0.589. The van der Waals surface area contributed by atoms with E-state index in [4.69, 9.17) is 0 Å². The van der Waals surface area contributed by atoms with Gasteiger partial charge in [-0.3, -0.25) is 19.2 Å². The van der Waals surface area contributed by atoms with E-state index in [2.05, 4.69) is 23.7 Å². The highest BCUT2D eigenvalue weighted by Gasteiger charge is 2.40. The third-order valence-electron chi connectivity index (χ3n) is 6.60. The Balaban J connectivity index is 1.55. The zero-order valence-electron chi connectivity index (χ0n) is 24.6. The Hall–Kier alpha value is -5.47. The van der Waals surface area contributed by atoms with E-state index in [0.717, 1.165) is 21.9 Å². The van der Waals surface area contributed by atoms with Gasteiger partial charge in [0, 0.05) is 22.0 Å². The molecule has 0 atom stereocenters. The molecule has 0 radical (unpaired) electrons. The molecule has 0 bridgehead atoms. The number of carbonyl (C=O) groups excluding carboxylic acids is 4. The van der Waals surface area contributed by atoms with E-state index in [-0.39, 0.29) is 50.0 Å². The number of hydrogen-bond acceptors (Lipinski definition) is 5. The lowest BCUT2D eigenvalue weighted by atomic mass is 9.97. The molecule has 1 N–H and O–H groups in total. The van der Waals surface area contributed by atoms with Gasteiger partial charge in [0.2, 0.25) is 0 Å². The topological polar surface area (TPSA) is 112 Å². The summed E-state index contributed by atoms with van der Waals surface area (Å²) in [6, 6.07) is 13.0. The van der Waals surface area contributed by atoms with Crippen LogP contribution in [0.3, 0.4) is 0 Å². The predicted molar refractivity (Wildman–Crippen MR) is 161 cm³/mol. The number of benzene rings is 3. The molecule has 0 saturated heterocycles. The maximum absolute atomic E-state index is 13.5. The number of aromatic carboxylic acids is 1. The molecular formula is C35H28N2O6. The van der Waals surface area contributed by atoms with E-state index >= 15 is 0 Å². The Morgan fingerprint density at radius 2 is 0.953 bits per heavy atom. The average Bonchev–Trinajstić information content (AvgIpc) is 3.33. The van der Waals surface area contributed by atoms with Gasteiger partial charge >= 0.3 is 5.97 Å². The number of carboxylic acids is 1. The molecular weight excluding hydrogens is 544 g/mol. The summed E-state index contributed by atoms with van der Waals surface area (Å²) >= 11 is 0. The highest BCUT2D eigenvalue weighted by molar-refractivity contribution is 6.36. The normalized spacial score (nSPS) is 14.2. The van der Waals surface area contributed by atoms with Gasteiger partial charge < -0.3 is 5.11 Å². The number of amides is 4. The minimum Gasteiger partial charge on any atom is -0.478 e. The van der Waals surface area contributed by atoms with Crippen molar-refractivity contribution in [3.63, 3.8) is 0 Å². The zero-order valence-corrected chi connectivity index (χ0v) is 24.6. The van der Waals surface area contributed by atoms with Crippen LogP contribution in [0.2, 0.25) is 0 Å². The number of hydrogen-bond donors (Lipinski definition) is 1. The molecule has 0 spiro atoms. The lowest BCUT2D eigenvalue weighted by Gasteiger charge is -2.20. The molecule has 4 amide bonds. The van der Waals surface area contributed by atoms with Gasteiger partial charge in [-0.15, -0.1) is 0 Å². The van der Waals surface area contributed by atoms with E-state index < -0.39 is 29.6 Å². The summed E-state index contributed by atoms with van der Waals surface area (Å²) in [5, 5.41) is 9.85. The number of rotatable bonds is 3. The fourth-order valence-corrected chi connectivity index (χ4v) is 4.60. The van der Waals surface area contributed by atoms with Crippen LogP contribution in [0.1, 0.15) is 104 Å². The second kappa shape index (κ2) is 10.1. The lowest BCUT2D eigenvalue weighted by molar-refractivity contribution is 0.0694. The van der Waals surface area contributed by atoms with Crippen LogP contribution in [0.25, 0.3) is 0 Å². The average molecular weight is 573 g/mol. The third kappa shape index (κ3) is 5.56. The summed E-state index contributed by atoms with van der Waals surface area (Å²) in [6.07, 6.45) is 0. The molecule has 0 fully saturated rings. The van der Waals surface area contributed by atoms with Crippen molar-refractivity contribution in [2.75, 3.05) is 9.80 Å². The van der Waals surface area contributed by atoms with Crippen LogP contribution in [0, 0.1) is 34.5 Å². The fourth-order valence-electron chi connectivity index (χ4n) is 4.60. The first-order valence-corrected chi connectivity index (χ1v) is 13.5. The largest absolute Gasteiger partial charge is 0.478 e. The monoisotopic (exact) mass is 572 g/mol. The van der Waals surface area contributed by atoms with Crippen molar-refractivity contribution >= 4 is 41.0 Å². The van der Waals surface area contributed by atoms with Crippen LogP contribution in [0.5, 0.6) is 0 Å². The van der Waals surface area contributed by atoms with E-state index in [0.29, 0.717) is 11.1 Å². The van der Waals surface area contributed by atoms with Gasteiger partial charge in [0.15, 0.2) is 0 Å². The molecule has 3 aromatic rings. The zero-order chi connectivity index (χ0) is 31.4. The molecule has 3 aromatic carbocycles. The quantitative estimate of drug-likeness (QED) is 0.315. The number of carboxylic acid groups (broad SMARTS) is 1. The Morgan fingerprint density at radius 3 is 1.30 bits per heavy atom. The standard InChI is InChI=1S/C35H28N2O6/c1-34(2,3)13-11-20-7-9-25-27(15-20)31(40)36(29(25)38)23-17-22(33(42)43)18-24(19-23)37-30(39)26-10-8-21(12-14-35(4,5)6)16-28(26)32(37)41/h7-10,15-19H,1-6H3,(H,42,43). The van der Waals surface area contributed by atoms with Crippen molar-refractivity contribution in [3.8, 4) is 23.7 Å². The summed E-state index contributed by atoms with van der Waals surface area (Å²) < 4.78 is 0. The van der Waals surface area contributed by atoms with Gasteiger partial charge in [0.25, 0.3) is 23.6 Å². The van der Waals surface area contributed by atoms with E-state index in [9.17, 15) is 29.1 Å². The van der Waals surface area contributed by atoms with Gasteiger partial charge in [0.05, 0.1) is 39.2 Å². The number of imide groups is 2. The van der Waals surface area contributed by atoms with Gasteiger partial charge in [-0.05, 0) is 96.1 Å². The van der Waals surface area contributed by atoms with Gasteiger partial charge in [-0.1, -0.05) is 23.7 Å². The summed E-state index contributed by atoms with van der Waals surface area (Å²) in [7, 11) is 0. The number of carbonyl (C=O) groups is 5. The van der Waals surface area contributed by atoms with Crippen molar-refractivity contribution in [3.05, 3.63) is 93.5 Å². The number of anilines is 2. The molecule has 214 valence electrons. The van der Waals surface area contributed by atoms with Gasteiger partial charge in [-0.2, -0.15) is 0 Å². The highest BCUT2D eigenvalue weighted by Crippen LogP contribution is 2.36. The highest BCUT2D eigenvalue weighted by atomic mass is 16.4. The van der Waals surface area contributed by atoms with E-state index in [1.165, 1.54) is 30.3 Å².